The molecule has 0 radical (unpaired) electrons. The van der Waals surface area contributed by atoms with Gasteiger partial charge < -0.3 is 0 Å². The second-order valence-electron chi connectivity index (χ2n) is 4.16. The summed E-state index contributed by atoms with van der Waals surface area (Å²) >= 11 is 0. The normalized spacial score (nSPS) is 10.9. The Labute approximate surface area is 102 Å². The molecule has 0 aliphatic carbocycles. The summed E-state index contributed by atoms with van der Waals surface area (Å²) < 4.78 is 12.6. The highest BCUT2D eigenvalue weighted by atomic mass is 19.1. The first-order valence-corrected chi connectivity index (χ1v) is 6.19. The molecule has 2 heteroatoms. The lowest BCUT2D eigenvalue weighted by molar-refractivity contribution is -0.114. The summed E-state index contributed by atoms with van der Waals surface area (Å²) in [5.74, 6) is -0.113. The number of hydrogen-bond donors (Lipinski definition) is 0. The number of carbonyl (C=O) groups excluding carboxylic acids is 1. The third-order valence-electron chi connectivity index (χ3n) is 2.61. The molecule has 0 aromatic heterocycles. The molecule has 1 aromatic rings. The average Bonchev–Trinajstić information content (AvgIpc) is 2.34. The molecule has 1 aromatic carbocycles. The summed E-state index contributed by atoms with van der Waals surface area (Å²) in [6.45, 7) is 2.15. The maximum atomic E-state index is 12.6. The smallest absolute Gasteiger partial charge is 0.155 e. The summed E-state index contributed by atoms with van der Waals surface area (Å²) in [5, 5.41) is 0. The number of unbranched alkanes of at least 4 members (excludes halogenated alkanes) is 3. The maximum absolute atomic E-state index is 12.6. The molecule has 0 amide bonds. The molecule has 1 rings (SSSR count). The number of benzene rings is 1. The van der Waals surface area contributed by atoms with Crippen molar-refractivity contribution in [2.75, 3.05) is 0 Å². The molecular formula is C15H19FO. The van der Waals surface area contributed by atoms with Crippen LogP contribution in [0.3, 0.4) is 0 Å². The van der Waals surface area contributed by atoms with E-state index in [4.69, 9.17) is 0 Å². The van der Waals surface area contributed by atoms with Crippen LogP contribution in [-0.4, -0.2) is 5.78 Å². The molecule has 0 spiro atoms. The van der Waals surface area contributed by atoms with E-state index in [-0.39, 0.29) is 11.6 Å². The quantitative estimate of drug-likeness (QED) is 0.505. The largest absolute Gasteiger partial charge is 0.295 e. The predicted molar refractivity (Wildman–Crippen MR) is 69.2 cm³/mol. The van der Waals surface area contributed by atoms with Crippen LogP contribution in [0.25, 0.3) is 6.08 Å². The Balaban J connectivity index is 2.32. The Bertz CT molecular complexity index is 365. The highest BCUT2D eigenvalue weighted by molar-refractivity contribution is 5.93. The third-order valence-corrected chi connectivity index (χ3v) is 2.61. The van der Waals surface area contributed by atoms with Gasteiger partial charge in [-0.05, 0) is 30.2 Å². The molecule has 0 N–H and O–H groups in total. The number of hydrogen-bond acceptors (Lipinski definition) is 1. The summed E-state index contributed by atoms with van der Waals surface area (Å²) in [5.41, 5.74) is 0.855. The highest BCUT2D eigenvalue weighted by Gasteiger charge is 1.96. The van der Waals surface area contributed by atoms with Crippen LogP contribution in [0.2, 0.25) is 0 Å². The number of rotatable bonds is 7. The van der Waals surface area contributed by atoms with Crippen molar-refractivity contribution < 1.29 is 9.18 Å². The van der Waals surface area contributed by atoms with Gasteiger partial charge in [0.1, 0.15) is 5.82 Å². The SMILES string of the molecule is CCCCCCC(=O)C=Cc1ccc(F)cc1. The molecule has 0 saturated carbocycles. The molecule has 0 saturated heterocycles. The predicted octanol–water partition coefficient (Wildman–Crippen LogP) is 4.38. The minimum atomic E-state index is -0.256. The van der Waals surface area contributed by atoms with Gasteiger partial charge in [0.2, 0.25) is 0 Å². The van der Waals surface area contributed by atoms with Gasteiger partial charge in [0, 0.05) is 6.42 Å². The molecule has 0 unspecified atom stereocenters. The van der Waals surface area contributed by atoms with Gasteiger partial charge in [-0.15, -0.1) is 0 Å². The van der Waals surface area contributed by atoms with E-state index in [9.17, 15) is 9.18 Å². The molecule has 0 fully saturated rings. The van der Waals surface area contributed by atoms with E-state index in [1.165, 1.54) is 25.0 Å². The molecule has 0 bridgehead atoms. The molecule has 1 nitrogen and oxygen atoms in total. The first-order chi connectivity index (χ1) is 8.22. The Morgan fingerprint density at radius 2 is 1.88 bits per heavy atom. The van der Waals surface area contributed by atoms with Crippen molar-refractivity contribution >= 4 is 11.9 Å². The van der Waals surface area contributed by atoms with Gasteiger partial charge in [-0.2, -0.15) is 0 Å². The fourth-order valence-corrected chi connectivity index (χ4v) is 1.57. The average molecular weight is 234 g/mol. The molecule has 0 aliphatic heterocycles. The Morgan fingerprint density at radius 3 is 2.53 bits per heavy atom. The van der Waals surface area contributed by atoms with Gasteiger partial charge in [0.25, 0.3) is 0 Å². The number of carbonyl (C=O) groups is 1. The van der Waals surface area contributed by atoms with E-state index in [2.05, 4.69) is 6.92 Å². The van der Waals surface area contributed by atoms with Crippen LogP contribution < -0.4 is 0 Å². The van der Waals surface area contributed by atoms with Crippen molar-refractivity contribution in [2.24, 2.45) is 0 Å². The van der Waals surface area contributed by atoms with E-state index in [1.807, 2.05) is 0 Å². The van der Waals surface area contributed by atoms with E-state index >= 15 is 0 Å². The van der Waals surface area contributed by atoms with Crippen molar-refractivity contribution in [2.45, 2.75) is 39.0 Å². The van der Waals surface area contributed by atoms with Crippen molar-refractivity contribution in [3.63, 3.8) is 0 Å². The van der Waals surface area contributed by atoms with Crippen LogP contribution in [0, 0.1) is 5.82 Å². The van der Waals surface area contributed by atoms with Crippen LogP contribution in [0.4, 0.5) is 4.39 Å². The monoisotopic (exact) mass is 234 g/mol. The lowest BCUT2D eigenvalue weighted by atomic mass is 10.1. The fraction of sp³-hybridized carbons (Fsp3) is 0.400. The van der Waals surface area contributed by atoms with Crippen molar-refractivity contribution in [3.8, 4) is 0 Å². The van der Waals surface area contributed by atoms with Crippen molar-refractivity contribution in [1.82, 2.24) is 0 Å². The maximum Gasteiger partial charge on any atom is 0.155 e. The van der Waals surface area contributed by atoms with Gasteiger partial charge in [-0.1, -0.05) is 44.4 Å². The fourth-order valence-electron chi connectivity index (χ4n) is 1.57. The molecule has 0 heterocycles. The van der Waals surface area contributed by atoms with Gasteiger partial charge in [0.05, 0.1) is 0 Å². The van der Waals surface area contributed by atoms with E-state index in [0.717, 1.165) is 18.4 Å². The summed E-state index contributed by atoms with van der Waals surface area (Å²) in [6, 6.07) is 6.11. The molecule has 17 heavy (non-hydrogen) atoms. The Hall–Kier alpha value is -1.44. The molecule has 0 aliphatic rings. The zero-order valence-electron chi connectivity index (χ0n) is 10.3. The first kappa shape index (κ1) is 13.6. The number of ketones is 1. The minimum absolute atomic E-state index is 0.144. The van der Waals surface area contributed by atoms with E-state index < -0.39 is 0 Å². The molecule has 92 valence electrons. The van der Waals surface area contributed by atoms with Crippen LogP contribution in [-0.2, 0) is 4.79 Å². The van der Waals surface area contributed by atoms with Gasteiger partial charge >= 0.3 is 0 Å². The topological polar surface area (TPSA) is 17.1 Å². The summed E-state index contributed by atoms with van der Waals surface area (Å²) in [6.07, 6.45) is 8.38. The van der Waals surface area contributed by atoms with Crippen molar-refractivity contribution in [1.29, 1.82) is 0 Å². The standard InChI is InChI=1S/C15H19FO/c1-2-3-4-5-6-15(17)12-9-13-7-10-14(16)11-8-13/h7-12H,2-6H2,1H3. The van der Waals surface area contributed by atoms with Gasteiger partial charge in [-0.3, -0.25) is 4.79 Å². The second-order valence-corrected chi connectivity index (χ2v) is 4.16. The minimum Gasteiger partial charge on any atom is -0.295 e. The van der Waals surface area contributed by atoms with Crippen LogP contribution in [0.15, 0.2) is 30.3 Å². The van der Waals surface area contributed by atoms with Crippen molar-refractivity contribution in [3.05, 3.63) is 41.7 Å². The first-order valence-electron chi connectivity index (χ1n) is 6.19. The lowest BCUT2D eigenvalue weighted by Crippen LogP contribution is -1.92. The zero-order valence-corrected chi connectivity index (χ0v) is 10.3. The van der Waals surface area contributed by atoms with Gasteiger partial charge in [0.15, 0.2) is 5.78 Å². The molecular weight excluding hydrogens is 215 g/mol. The lowest BCUT2D eigenvalue weighted by Gasteiger charge is -1.96. The Kier molecular flexibility index (Phi) is 6.23. The van der Waals surface area contributed by atoms with E-state index in [1.54, 1.807) is 24.3 Å². The zero-order chi connectivity index (χ0) is 12.5. The summed E-state index contributed by atoms with van der Waals surface area (Å²) in [4.78, 5) is 11.5. The van der Waals surface area contributed by atoms with E-state index in [0.29, 0.717) is 6.42 Å². The molecule has 0 atom stereocenters. The van der Waals surface area contributed by atoms with Crippen LogP contribution in [0.1, 0.15) is 44.6 Å². The highest BCUT2D eigenvalue weighted by Crippen LogP contribution is 2.07. The summed E-state index contributed by atoms with van der Waals surface area (Å²) in [7, 11) is 0. The Morgan fingerprint density at radius 1 is 1.18 bits per heavy atom. The van der Waals surface area contributed by atoms with Crippen LogP contribution >= 0.6 is 0 Å². The third kappa shape index (κ3) is 6.00. The number of halogens is 1. The number of allylic oxidation sites excluding steroid dienone is 1. The van der Waals surface area contributed by atoms with Gasteiger partial charge in [-0.25, -0.2) is 4.39 Å². The second kappa shape index (κ2) is 7.77. The van der Waals surface area contributed by atoms with Crippen LogP contribution in [0.5, 0.6) is 0 Å².